The molecule has 0 saturated carbocycles. The van der Waals surface area contributed by atoms with Gasteiger partial charge in [0.25, 0.3) is 0 Å². The first-order valence-electron chi connectivity index (χ1n) is 9.20. The molecule has 7 nitrogen and oxygen atoms in total. The Morgan fingerprint density at radius 1 is 1.14 bits per heavy atom. The zero-order valence-corrected chi connectivity index (χ0v) is 18.8. The number of hydrogen-bond donors (Lipinski definition) is 1. The first-order chi connectivity index (χ1) is 13.8. The quantitative estimate of drug-likeness (QED) is 0.450. The fourth-order valence-corrected chi connectivity index (χ4v) is 4.38. The van der Waals surface area contributed by atoms with E-state index in [0.717, 1.165) is 33.6 Å². The van der Waals surface area contributed by atoms with Crippen molar-refractivity contribution in [2.45, 2.75) is 49.0 Å². The molecule has 1 aromatic carbocycles. The van der Waals surface area contributed by atoms with Crippen LogP contribution in [0.5, 0.6) is 0 Å². The number of hydrogen-bond acceptors (Lipinski definition) is 7. The molecule has 3 rings (SSSR count). The van der Waals surface area contributed by atoms with Crippen molar-refractivity contribution in [1.82, 2.24) is 24.7 Å². The summed E-state index contributed by atoms with van der Waals surface area (Å²) >= 11 is 2.91. The van der Waals surface area contributed by atoms with Crippen molar-refractivity contribution in [2.24, 2.45) is 7.05 Å². The maximum absolute atomic E-state index is 12.6. The molecule has 0 spiro atoms. The van der Waals surface area contributed by atoms with Crippen LogP contribution < -0.4 is 5.32 Å². The van der Waals surface area contributed by atoms with Crippen LogP contribution in [-0.4, -0.2) is 35.9 Å². The third-order valence-corrected chi connectivity index (χ3v) is 6.25. The smallest absolute Gasteiger partial charge is 0.237 e. The van der Waals surface area contributed by atoms with Crippen molar-refractivity contribution in [3.05, 3.63) is 53.1 Å². The zero-order chi connectivity index (χ0) is 21.0. The number of thioether (sulfide) groups is 2. The van der Waals surface area contributed by atoms with Gasteiger partial charge in [0, 0.05) is 24.1 Å². The fourth-order valence-electron chi connectivity index (χ4n) is 2.62. The summed E-state index contributed by atoms with van der Waals surface area (Å²) in [5, 5.41) is 12.6. The average Bonchev–Trinajstić information content (AvgIpc) is 3.01. The topological polar surface area (TPSA) is 85.6 Å². The van der Waals surface area contributed by atoms with Gasteiger partial charge >= 0.3 is 0 Å². The van der Waals surface area contributed by atoms with Crippen LogP contribution >= 0.6 is 23.5 Å². The van der Waals surface area contributed by atoms with Crippen LogP contribution in [-0.2, 0) is 17.6 Å². The van der Waals surface area contributed by atoms with E-state index < -0.39 is 0 Å². The third kappa shape index (κ3) is 5.57. The maximum Gasteiger partial charge on any atom is 0.237 e. The molecule has 0 radical (unpaired) electrons. The van der Waals surface area contributed by atoms with Crippen molar-refractivity contribution in [3.63, 3.8) is 0 Å². The molecule has 0 aliphatic carbocycles. The normalized spacial score (nSPS) is 12.0. The van der Waals surface area contributed by atoms with Crippen molar-refractivity contribution in [2.75, 3.05) is 5.32 Å². The molecular weight excluding hydrogens is 404 g/mol. The Balaban J connectivity index is 1.61. The van der Waals surface area contributed by atoms with Gasteiger partial charge in [-0.2, -0.15) is 0 Å². The van der Waals surface area contributed by atoms with Crippen LogP contribution in [0, 0.1) is 20.8 Å². The van der Waals surface area contributed by atoms with Crippen LogP contribution in [0.4, 0.5) is 5.69 Å². The summed E-state index contributed by atoms with van der Waals surface area (Å²) in [4.78, 5) is 21.4. The number of aromatic nitrogens is 5. The lowest BCUT2D eigenvalue weighted by atomic mass is 10.2. The number of aryl methyl sites for hydroxylation is 3. The van der Waals surface area contributed by atoms with E-state index in [1.165, 1.54) is 23.5 Å². The summed E-state index contributed by atoms with van der Waals surface area (Å²) in [6.45, 7) is 7.75. The van der Waals surface area contributed by atoms with Crippen LogP contribution in [0.3, 0.4) is 0 Å². The summed E-state index contributed by atoms with van der Waals surface area (Å²) in [6, 6.07) is 9.68. The lowest BCUT2D eigenvalue weighted by Crippen LogP contribution is -2.23. The van der Waals surface area contributed by atoms with E-state index in [9.17, 15) is 4.79 Å². The highest BCUT2D eigenvalue weighted by Gasteiger charge is 2.19. The molecule has 29 heavy (non-hydrogen) atoms. The van der Waals surface area contributed by atoms with Gasteiger partial charge in [0.1, 0.15) is 5.82 Å². The Hall–Kier alpha value is -2.39. The average molecular weight is 429 g/mol. The third-order valence-electron chi connectivity index (χ3n) is 4.27. The number of nitrogens with one attached hydrogen (secondary N) is 1. The SMILES string of the molecule is Cc1cc(C)nc(SCc2nnc(S[C@H](C)C(=O)Nc3ccccc3C)n2C)n1. The zero-order valence-electron chi connectivity index (χ0n) is 17.1. The molecule has 0 bridgehead atoms. The number of carbonyl (C=O) groups is 1. The highest BCUT2D eigenvalue weighted by atomic mass is 32.2. The van der Waals surface area contributed by atoms with Crippen LogP contribution in [0.2, 0.25) is 0 Å². The first kappa shape index (κ1) is 21.3. The van der Waals surface area contributed by atoms with Gasteiger partial charge in [-0.3, -0.25) is 4.79 Å². The number of rotatable bonds is 7. The van der Waals surface area contributed by atoms with Gasteiger partial charge in [-0.25, -0.2) is 9.97 Å². The molecule has 1 N–H and O–H groups in total. The highest BCUT2D eigenvalue weighted by Crippen LogP contribution is 2.25. The Kier molecular flexibility index (Phi) is 6.92. The molecule has 0 saturated heterocycles. The molecule has 0 fully saturated rings. The molecule has 0 aliphatic rings. The largest absolute Gasteiger partial charge is 0.325 e. The van der Waals surface area contributed by atoms with Crippen LogP contribution in [0.25, 0.3) is 0 Å². The summed E-state index contributed by atoms with van der Waals surface area (Å²) in [5.41, 5.74) is 3.75. The van der Waals surface area contributed by atoms with E-state index in [2.05, 4.69) is 25.5 Å². The van der Waals surface area contributed by atoms with Gasteiger partial charge in [0.15, 0.2) is 10.3 Å². The second kappa shape index (κ2) is 9.41. The molecule has 152 valence electrons. The van der Waals surface area contributed by atoms with Gasteiger partial charge in [0.05, 0.1) is 11.0 Å². The van der Waals surface area contributed by atoms with Crippen LogP contribution in [0.15, 0.2) is 40.6 Å². The highest BCUT2D eigenvalue weighted by molar-refractivity contribution is 8.00. The van der Waals surface area contributed by atoms with E-state index >= 15 is 0 Å². The second-order valence-electron chi connectivity index (χ2n) is 6.74. The van der Waals surface area contributed by atoms with E-state index in [-0.39, 0.29) is 11.2 Å². The number of para-hydroxylation sites is 1. The Morgan fingerprint density at radius 3 is 2.52 bits per heavy atom. The molecular formula is C20H24N6OS2. The summed E-state index contributed by atoms with van der Waals surface area (Å²) in [5.74, 6) is 1.36. The van der Waals surface area contributed by atoms with E-state index in [1.54, 1.807) is 0 Å². The molecule has 2 heterocycles. The molecule has 2 aromatic heterocycles. The van der Waals surface area contributed by atoms with Crippen LogP contribution in [0.1, 0.15) is 29.7 Å². The summed E-state index contributed by atoms with van der Waals surface area (Å²) < 4.78 is 1.91. The molecule has 3 aromatic rings. The monoisotopic (exact) mass is 428 g/mol. The maximum atomic E-state index is 12.6. The molecule has 0 unspecified atom stereocenters. The van der Waals surface area contributed by atoms with Gasteiger partial charge in [-0.1, -0.05) is 41.7 Å². The summed E-state index contributed by atoms with van der Waals surface area (Å²) in [7, 11) is 1.91. The van der Waals surface area contributed by atoms with E-state index in [1.807, 2.05) is 69.6 Å². The molecule has 9 heteroatoms. The Labute approximate surface area is 179 Å². The number of nitrogens with zero attached hydrogens (tertiary/aromatic N) is 5. The van der Waals surface area contributed by atoms with Crippen molar-refractivity contribution in [1.29, 1.82) is 0 Å². The minimum absolute atomic E-state index is 0.0631. The predicted molar refractivity (Wildman–Crippen MR) is 117 cm³/mol. The van der Waals surface area contributed by atoms with Gasteiger partial charge in [-0.05, 0) is 45.4 Å². The van der Waals surface area contributed by atoms with Gasteiger partial charge in [-0.15, -0.1) is 10.2 Å². The minimum atomic E-state index is -0.305. The van der Waals surface area contributed by atoms with E-state index in [4.69, 9.17) is 0 Å². The lowest BCUT2D eigenvalue weighted by molar-refractivity contribution is -0.115. The number of benzene rings is 1. The first-order valence-corrected chi connectivity index (χ1v) is 11.1. The Morgan fingerprint density at radius 2 is 1.83 bits per heavy atom. The standard InChI is InChI=1S/C20H24N6OS2/c1-12-8-6-7-9-16(12)23-18(27)15(4)29-20-25-24-17(26(20)5)11-28-19-21-13(2)10-14(3)22-19/h6-10,15H,11H2,1-5H3,(H,23,27)/t15-/m1/s1. The Bertz CT molecular complexity index is 1000. The molecule has 0 aliphatic heterocycles. The minimum Gasteiger partial charge on any atom is -0.325 e. The van der Waals surface area contributed by atoms with Gasteiger partial charge in [0.2, 0.25) is 5.91 Å². The summed E-state index contributed by atoms with van der Waals surface area (Å²) in [6.07, 6.45) is 0. The van der Waals surface area contributed by atoms with Gasteiger partial charge < -0.3 is 9.88 Å². The predicted octanol–water partition coefficient (Wildman–Crippen LogP) is 3.94. The van der Waals surface area contributed by atoms with Crippen molar-refractivity contribution < 1.29 is 4.79 Å². The van der Waals surface area contributed by atoms with E-state index in [0.29, 0.717) is 10.9 Å². The molecule has 1 amide bonds. The number of anilines is 1. The molecule has 1 atom stereocenters. The lowest BCUT2D eigenvalue weighted by Gasteiger charge is -2.13. The second-order valence-corrected chi connectivity index (χ2v) is 8.99. The van der Waals surface area contributed by atoms with Crippen molar-refractivity contribution in [3.8, 4) is 0 Å². The number of carbonyl (C=O) groups excluding carboxylic acids is 1. The number of amides is 1. The van der Waals surface area contributed by atoms with Crippen molar-refractivity contribution >= 4 is 35.1 Å². The fraction of sp³-hybridized carbons (Fsp3) is 0.350.